The van der Waals surface area contributed by atoms with Crippen molar-refractivity contribution < 1.29 is 19.7 Å². The Morgan fingerprint density at radius 1 is 1.09 bits per heavy atom. The predicted molar refractivity (Wildman–Crippen MR) is 92.6 cm³/mol. The molecule has 0 radical (unpaired) electrons. The van der Waals surface area contributed by atoms with Crippen molar-refractivity contribution in [2.75, 3.05) is 7.11 Å². The number of rotatable bonds is 14. The first-order valence-electron chi connectivity index (χ1n) is 9.28. The molecule has 0 bridgehead atoms. The van der Waals surface area contributed by atoms with E-state index in [2.05, 4.69) is 13.8 Å². The molecule has 4 heteroatoms. The third kappa shape index (κ3) is 8.16. The zero-order valence-corrected chi connectivity index (χ0v) is 15.3. The number of aliphatic carboxylic acids is 1. The van der Waals surface area contributed by atoms with Crippen LogP contribution in [0.5, 0.6) is 0 Å². The fourth-order valence-electron chi connectivity index (χ4n) is 3.10. The second-order valence-corrected chi connectivity index (χ2v) is 7.90. The van der Waals surface area contributed by atoms with Crippen LogP contribution < -0.4 is 0 Å². The monoisotopic (exact) mass is 328 g/mol. The summed E-state index contributed by atoms with van der Waals surface area (Å²) in [7, 11) is 1.76. The van der Waals surface area contributed by atoms with E-state index in [-0.39, 0.29) is 17.1 Å². The standard InChI is InChI=1S/C19H36O4/c1-18(2,23-3)12-8-4-6-10-16(20)11-7-5-9-13-19(14-15-19)17(21)22/h16,20H,4-15H2,1-3H3,(H,21,22). The molecule has 0 heterocycles. The van der Waals surface area contributed by atoms with Crippen molar-refractivity contribution in [3.8, 4) is 0 Å². The molecule has 0 aromatic rings. The van der Waals surface area contributed by atoms with Crippen molar-refractivity contribution in [1.82, 2.24) is 0 Å². The fourth-order valence-corrected chi connectivity index (χ4v) is 3.10. The van der Waals surface area contributed by atoms with Crippen LogP contribution in [0, 0.1) is 5.41 Å². The van der Waals surface area contributed by atoms with Crippen molar-refractivity contribution >= 4 is 5.97 Å². The van der Waals surface area contributed by atoms with E-state index < -0.39 is 5.97 Å². The molecule has 1 atom stereocenters. The zero-order valence-electron chi connectivity index (χ0n) is 15.3. The van der Waals surface area contributed by atoms with Gasteiger partial charge in [-0.2, -0.15) is 0 Å². The Kier molecular flexibility index (Phi) is 8.56. The third-order valence-electron chi connectivity index (χ3n) is 5.37. The van der Waals surface area contributed by atoms with Crippen molar-refractivity contribution in [3.63, 3.8) is 0 Å². The van der Waals surface area contributed by atoms with E-state index in [1.807, 2.05) is 0 Å². The van der Waals surface area contributed by atoms with Gasteiger partial charge in [0.1, 0.15) is 0 Å². The number of methoxy groups -OCH3 is 1. The number of carbonyl (C=O) groups is 1. The summed E-state index contributed by atoms with van der Waals surface area (Å²) in [5.41, 5.74) is -0.415. The minimum Gasteiger partial charge on any atom is -0.481 e. The normalized spacial score (nSPS) is 17.9. The number of carboxylic acids is 1. The Bertz CT molecular complexity index is 347. The summed E-state index contributed by atoms with van der Waals surface area (Å²) < 4.78 is 5.40. The maximum Gasteiger partial charge on any atom is 0.309 e. The van der Waals surface area contributed by atoms with Crippen molar-refractivity contribution in [3.05, 3.63) is 0 Å². The molecular weight excluding hydrogens is 292 g/mol. The molecule has 1 saturated carbocycles. The molecule has 1 fully saturated rings. The van der Waals surface area contributed by atoms with Gasteiger partial charge in [0, 0.05) is 7.11 Å². The Labute approximate surface area is 141 Å². The summed E-state index contributed by atoms with van der Waals surface area (Å²) >= 11 is 0. The lowest BCUT2D eigenvalue weighted by atomic mass is 9.96. The highest BCUT2D eigenvalue weighted by atomic mass is 16.5. The van der Waals surface area contributed by atoms with Crippen LogP contribution in [0.2, 0.25) is 0 Å². The number of aliphatic hydroxyl groups is 1. The first-order valence-corrected chi connectivity index (χ1v) is 9.28. The van der Waals surface area contributed by atoms with E-state index in [0.717, 1.165) is 77.0 Å². The summed E-state index contributed by atoms with van der Waals surface area (Å²) in [6.45, 7) is 4.22. The van der Waals surface area contributed by atoms with Crippen LogP contribution in [-0.2, 0) is 9.53 Å². The highest BCUT2D eigenvalue weighted by Gasteiger charge is 2.49. The summed E-state index contributed by atoms with van der Waals surface area (Å²) in [6.07, 6.45) is 11.5. The number of aliphatic hydroxyl groups excluding tert-OH is 1. The number of unbranched alkanes of at least 4 members (excludes halogenated alkanes) is 4. The molecule has 0 amide bonds. The molecule has 0 aromatic heterocycles. The maximum atomic E-state index is 11.1. The first-order chi connectivity index (χ1) is 10.8. The molecule has 1 aliphatic carbocycles. The summed E-state index contributed by atoms with van der Waals surface area (Å²) in [4.78, 5) is 11.1. The number of hydrogen-bond donors (Lipinski definition) is 2. The van der Waals surface area contributed by atoms with Crippen LogP contribution in [-0.4, -0.2) is 35.0 Å². The predicted octanol–water partition coefficient (Wildman–Crippen LogP) is 4.54. The SMILES string of the molecule is COC(C)(C)CCCCCC(O)CCCCCC1(C(=O)O)CC1. The molecule has 136 valence electrons. The van der Waals surface area contributed by atoms with Crippen molar-refractivity contribution in [1.29, 1.82) is 0 Å². The summed E-state index contributed by atoms with van der Waals surface area (Å²) in [5.74, 6) is -0.616. The molecule has 2 N–H and O–H groups in total. The van der Waals surface area contributed by atoms with Gasteiger partial charge in [-0.25, -0.2) is 0 Å². The van der Waals surface area contributed by atoms with Crippen molar-refractivity contribution in [2.24, 2.45) is 5.41 Å². The van der Waals surface area contributed by atoms with Crippen LogP contribution in [0.1, 0.15) is 90.9 Å². The second-order valence-electron chi connectivity index (χ2n) is 7.90. The summed E-state index contributed by atoms with van der Waals surface area (Å²) in [5, 5.41) is 19.1. The Hall–Kier alpha value is -0.610. The smallest absolute Gasteiger partial charge is 0.309 e. The highest BCUT2D eigenvalue weighted by molar-refractivity contribution is 5.77. The first kappa shape index (κ1) is 20.4. The van der Waals surface area contributed by atoms with Gasteiger partial charge in [-0.3, -0.25) is 4.79 Å². The molecule has 0 aromatic carbocycles. The average Bonchev–Trinajstić information content (AvgIpc) is 3.27. The van der Waals surface area contributed by atoms with E-state index in [0.29, 0.717) is 0 Å². The van der Waals surface area contributed by atoms with Crippen molar-refractivity contribution in [2.45, 2.75) is 103 Å². The Morgan fingerprint density at radius 2 is 1.65 bits per heavy atom. The van der Waals surface area contributed by atoms with Gasteiger partial charge in [0.2, 0.25) is 0 Å². The maximum absolute atomic E-state index is 11.1. The quantitative estimate of drug-likeness (QED) is 0.459. The summed E-state index contributed by atoms with van der Waals surface area (Å²) in [6, 6.07) is 0. The van der Waals surface area contributed by atoms with Gasteiger partial charge in [-0.05, 0) is 52.4 Å². The number of ether oxygens (including phenoxy) is 1. The van der Waals surface area contributed by atoms with E-state index in [4.69, 9.17) is 9.84 Å². The topological polar surface area (TPSA) is 66.8 Å². The molecule has 0 saturated heterocycles. The van der Waals surface area contributed by atoms with E-state index in [1.54, 1.807) is 7.11 Å². The van der Waals surface area contributed by atoms with Gasteiger partial charge >= 0.3 is 5.97 Å². The van der Waals surface area contributed by atoms with Gasteiger partial charge in [0.25, 0.3) is 0 Å². The molecular formula is C19H36O4. The van der Waals surface area contributed by atoms with Gasteiger partial charge in [0.05, 0.1) is 17.1 Å². The largest absolute Gasteiger partial charge is 0.481 e. The highest BCUT2D eigenvalue weighted by Crippen LogP contribution is 2.50. The molecule has 1 unspecified atom stereocenters. The number of hydrogen-bond acceptors (Lipinski definition) is 3. The van der Waals surface area contributed by atoms with Gasteiger partial charge in [0.15, 0.2) is 0 Å². The van der Waals surface area contributed by atoms with Crippen LogP contribution in [0.3, 0.4) is 0 Å². The minimum absolute atomic E-state index is 0.0342. The van der Waals surface area contributed by atoms with E-state index >= 15 is 0 Å². The minimum atomic E-state index is -0.616. The van der Waals surface area contributed by atoms with Crippen LogP contribution in [0.15, 0.2) is 0 Å². The Morgan fingerprint density at radius 3 is 2.13 bits per heavy atom. The fraction of sp³-hybridized carbons (Fsp3) is 0.947. The molecule has 0 aliphatic heterocycles. The van der Waals surface area contributed by atoms with Crippen LogP contribution >= 0.6 is 0 Å². The van der Waals surface area contributed by atoms with Crippen LogP contribution in [0.25, 0.3) is 0 Å². The van der Waals surface area contributed by atoms with E-state index in [1.165, 1.54) is 0 Å². The third-order valence-corrected chi connectivity index (χ3v) is 5.37. The molecule has 0 spiro atoms. The average molecular weight is 328 g/mol. The van der Waals surface area contributed by atoms with Gasteiger partial charge in [-0.15, -0.1) is 0 Å². The molecule has 1 rings (SSSR count). The molecule has 4 nitrogen and oxygen atoms in total. The van der Waals surface area contributed by atoms with Gasteiger partial charge in [-0.1, -0.05) is 38.5 Å². The van der Waals surface area contributed by atoms with E-state index in [9.17, 15) is 9.90 Å². The lowest BCUT2D eigenvalue weighted by molar-refractivity contribution is -0.143. The second kappa shape index (κ2) is 9.63. The molecule has 23 heavy (non-hydrogen) atoms. The lowest BCUT2D eigenvalue weighted by Gasteiger charge is -2.22. The Balaban J connectivity index is 1.92. The van der Waals surface area contributed by atoms with Crippen LogP contribution in [0.4, 0.5) is 0 Å². The lowest BCUT2D eigenvalue weighted by Crippen LogP contribution is -2.21. The zero-order chi connectivity index (χ0) is 17.3. The molecule has 1 aliphatic rings. The number of carboxylic acid groups (broad SMARTS) is 1. The van der Waals surface area contributed by atoms with Gasteiger partial charge < -0.3 is 14.9 Å².